The van der Waals surface area contributed by atoms with E-state index in [-0.39, 0.29) is 25.7 Å². The number of carbonyl (C=O) groups excluding carboxylic acids is 2. The van der Waals surface area contributed by atoms with E-state index in [1.54, 1.807) is 13.8 Å². The minimum Gasteiger partial charge on any atom is -0.480 e. The molecule has 8 nitrogen and oxygen atoms in total. The maximum atomic E-state index is 11.8. The molecule has 0 rings (SSSR count). The molecule has 0 aliphatic rings. The molecule has 19 heavy (non-hydrogen) atoms. The van der Waals surface area contributed by atoms with Gasteiger partial charge in [0.1, 0.15) is 13.2 Å². The number of rotatable bonds is 8. The van der Waals surface area contributed by atoms with Crippen molar-refractivity contribution in [3.8, 4) is 0 Å². The molecular formula is C11H20N2O6. The predicted octanol–water partition coefficient (Wildman–Crippen LogP) is -0.319. The van der Waals surface area contributed by atoms with Gasteiger partial charge in [0, 0.05) is 12.6 Å². The van der Waals surface area contributed by atoms with Crippen LogP contribution < -0.4 is 5.32 Å². The molecule has 8 heteroatoms. The Morgan fingerprint density at radius 3 is 2.42 bits per heavy atom. The maximum Gasteiger partial charge on any atom is 0.329 e. The molecule has 0 heterocycles. The Balaban J connectivity index is 4.05. The first-order valence-electron chi connectivity index (χ1n) is 5.79. The molecule has 0 unspecified atom stereocenters. The fourth-order valence-electron chi connectivity index (χ4n) is 1.18. The zero-order valence-corrected chi connectivity index (χ0v) is 11.3. The van der Waals surface area contributed by atoms with Crippen molar-refractivity contribution in [2.45, 2.75) is 19.9 Å². The molecular weight excluding hydrogens is 256 g/mol. The average Bonchev–Trinajstić information content (AvgIpc) is 2.34. The lowest BCUT2D eigenvalue weighted by molar-refractivity contribution is -0.142. The minimum absolute atomic E-state index is 0.0855. The number of urea groups is 1. The standard InChI is InChI=1S/C11H20N2O6/c1-8(2)13(6-10(16)18-3)11(17)12-4-5-19-7-9(14)15/h8H,4-7H2,1-3H3,(H,12,17)(H,14,15). The molecule has 0 aliphatic carbocycles. The summed E-state index contributed by atoms with van der Waals surface area (Å²) in [6, 6.07) is -0.599. The lowest BCUT2D eigenvalue weighted by Gasteiger charge is -2.25. The largest absolute Gasteiger partial charge is 0.480 e. The van der Waals surface area contributed by atoms with Gasteiger partial charge in [-0.05, 0) is 13.8 Å². The molecule has 0 spiro atoms. The zero-order chi connectivity index (χ0) is 14.8. The van der Waals surface area contributed by atoms with Gasteiger partial charge in [-0.25, -0.2) is 9.59 Å². The number of esters is 1. The van der Waals surface area contributed by atoms with Crippen LogP contribution >= 0.6 is 0 Å². The van der Waals surface area contributed by atoms with Crippen LogP contribution in [0.2, 0.25) is 0 Å². The highest BCUT2D eigenvalue weighted by molar-refractivity contribution is 5.81. The number of hydrogen-bond donors (Lipinski definition) is 2. The summed E-state index contributed by atoms with van der Waals surface area (Å²) < 4.78 is 9.26. The van der Waals surface area contributed by atoms with Crippen LogP contribution in [0, 0.1) is 0 Å². The summed E-state index contributed by atoms with van der Waals surface area (Å²) in [6.45, 7) is 3.23. The van der Waals surface area contributed by atoms with E-state index in [2.05, 4.69) is 10.1 Å². The van der Waals surface area contributed by atoms with Crippen molar-refractivity contribution >= 4 is 18.0 Å². The second-order valence-corrected chi connectivity index (χ2v) is 3.98. The Hall–Kier alpha value is -1.83. The van der Waals surface area contributed by atoms with Crippen molar-refractivity contribution in [3.05, 3.63) is 0 Å². The number of carboxylic acid groups (broad SMARTS) is 1. The lowest BCUT2D eigenvalue weighted by atomic mass is 10.3. The summed E-state index contributed by atoms with van der Waals surface area (Å²) in [5.41, 5.74) is 0. The summed E-state index contributed by atoms with van der Waals surface area (Å²) >= 11 is 0. The van der Waals surface area contributed by atoms with Crippen molar-refractivity contribution in [2.75, 3.05) is 33.4 Å². The molecule has 0 aromatic carbocycles. The van der Waals surface area contributed by atoms with Crippen LogP contribution in [0.1, 0.15) is 13.8 Å². The second kappa shape index (κ2) is 9.15. The molecule has 0 bridgehead atoms. The molecule has 0 fully saturated rings. The Labute approximate surface area is 111 Å². The summed E-state index contributed by atoms with van der Waals surface area (Å²) in [5.74, 6) is -1.58. The van der Waals surface area contributed by atoms with Gasteiger partial charge in [0.25, 0.3) is 0 Å². The zero-order valence-electron chi connectivity index (χ0n) is 11.3. The van der Waals surface area contributed by atoms with E-state index in [9.17, 15) is 14.4 Å². The van der Waals surface area contributed by atoms with E-state index >= 15 is 0 Å². The third-order valence-corrected chi connectivity index (χ3v) is 2.16. The van der Waals surface area contributed by atoms with Crippen LogP contribution in [0.3, 0.4) is 0 Å². The topological polar surface area (TPSA) is 105 Å². The number of carboxylic acids is 1. The van der Waals surface area contributed by atoms with Crippen LogP contribution in [-0.4, -0.2) is 67.4 Å². The number of nitrogens with zero attached hydrogens (tertiary/aromatic N) is 1. The number of nitrogens with one attached hydrogen (secondary N) is 1. The van der Waals surface area contributed by atoms with E-state index in [0.717, 1.165) is 0 Å². The molecule has 0 aromatic heterocycles. The Morgan fingerprint density at radius 1 is 1.32 bits per heavy atom. The molecule has 0 saturated heterocycles. The van der Waals surface area contributed by atoms with Gasteiger partial charge in [0.05, 0.1) is 13.7 Å². The van der Waals surface area contributed by atoms with E-state index in [0.29, 0.717) is 0 Å². The van der Waals surface area contributed by atoms with E-state index < -0.39 is 24.6 Å². The molecule has 0 radical (unpaired) electrons. The van der Waals surface area contributed by atoms with Crippen molar-refractivity contribution in [3.63, 3.8) is 0 Å². The van der Waals surface area contributed by atoms with Gasteiger partial charge >= 0.3 is 18.0 Å². The highest BCUT2D eigenvalue weighted by atomic mass is 16.5. The maximum absolute atomic E-state index is 11.8. The molecule has 0 saturated carbocycles. The summed E-state index contributed by atoms with van der Waals surface area (Å²) in [6.07, 6.45) is 0. The number of methoxy groups -OCH3 is 1. The number of ether oxygens (including phenoxy) is 2. The highest BCUT2D eigenvalue weighted by Crippen LogP contribution is 1.99. The van der Waals surface area contributed by atoms with Crippen LogP contribution in [0.25, 0.3) is 0 Å². The first-order chi connectivity index (χ1) is 8.88. The number of hydrogen-bond acceptors (Lipinski definition) is 5. The van der Waals surface area contributed by atoms with E-state index in [1.807, 2.05) is 0 Å². The van der Waals surface area contributed by atoms with Crippen LogP contribution in [0.15, 0.2) is 0 Å². The molecule has 0 atom stereocenters. The van der Waals surface area contributed by atoms with Crippen molar-refractivity contribution in [1.82, 2.24) is 10.2 Å². The third kappa shape index (κ3) is 7.98. The quantitative estimate of drug-likeness (QED) is 0.465. The fraction of sp³-hybridized carbons (Fsp3) is 0.727. The summed E-state index contributed by atoms with van der Waals surface area (Å²) in [4.78, 5) is 34.4. The summed E-state index contributed by atoms with van der Waals surface area (Å²) in [7, 11) is 1.25. The van der Waals surface area contributed by atoms with Gasteiger partial charge in [-0.2, -0.15) is 0 Å². The SMILES string of the molecule is COC(=O)CN(C(=O)NCCOCC(=O)O)C(C)C. The Morgan fingerprint density at radius 2 is 1.95 bits per heavy atom. The molecule has 0 aliphatic heterocycles. The Bertz CT molecular complexity index is 318. The van der Waals surface area contributed by atoms with Gasteiger partial charge in [-0.3, -0.25) is 4.79 Å². The fourth-order valence-corrected chi connectivity index (χ4v) is 1.18. The van der Waals surface area contributed by atoms with Gasteiger partial charge in [0.2, 0.25) is 0 Å². The van der Waals surface area contributed by atoms with E-state index in [4.69, 9.17) is 9.84 Å². The number of carbonyl (C=O) groups is 3. The van der Waals surface area contributed by atoms with Crippen molar-refractivity contribution < 1.29 is 29.0 Å². The summed E-state index contributed by atoms with van der Waals surface area (Å²) in [5, 5.41) is 10.9. The monoisotopic (exact) mass is 276 g/mol. The van der Waals surface area contributed by atoms with E-state index in [1.165, 1.54) is 12.0 Å². The molecule has 2 N–H and O–H groups in total. The number of aliphatic carboxylic acids is 1. The van der Waals surface area contributed by atoms with Crippen molar-refractivity contribution in [2.24, 2.45) is 0 Å². The highest BCUT2D eigenvalue weighted by Gasteiger charge is 2.19. The van der Waals surface area contributed by atoms with Gasteiger partial charge in [-0.15, -0.1) is 0 Å². The third-order valence-electron chi connectivity index (χ3n) is 2.16. The Kier molecular flexibility index (Phi) is 8.27. The minimum atomic E-state index is -1.07. The molecule has 2 amide bonds. The first kappa shape index (κ1) is 17.2. The predicted molar refractivity (Wildman–Crippen MR) is 65.7 cm³/mol. The smallest absolute Gasteiger partial charge is 0.329 e. The molecule has 0 aromatic rings. The first-order valence-corrected chi connectivity index (χ1v) is 5.79. The van der Waals surface area contributed by atoms with Crippen LogP contribution in [0.4, 0.5) is 4.79 Å². The molecule has 110 valence electrons. The average molecular weight is 276 g/mol. The van der Waals surface area contributed by atoms with Gasteiger partial charge in [0.15, 0.2) is 0 Å². The normalized spacial score (nSPS) is 10.1. The number of amides is 2. The van der Waals surface area contributed by atoms with Gasteiger partial charge in [-0.1, -0.05) is 0 Å². The lowest BCUT2D eigenvalue weighted by Crippen LogP contribution is -2.47. The van der Waals surface area contributed by atoms with Crippen LogP contribution in [0.5, 0.6) is 0 Å². The van der Waals surface area contributed by atoms with Gasteiger partial charge < -0.3 is 24.8 Å². The second-order valence-electron chi connectivity index (χ2n) is 3.98. The van der Waals surface area contributed by atoms with Crippen LogP contribution in [-0.2, 0) is 19.1 Å². The van der Waals surface area contributed by atoms with Crippen molar-refractivity contribution in [1.29, 1.82) is 0 Å².